The van der Waals surface area contributed by atoms with E-state index in [9.17, 15) is 0 Å². The Kier molecular flexibility index (Phi) is 3.46. The zero-order chi connectivity index (χ0) is 15.8. The standard InChI is InChI=1S/C17H14BrN5/c1-11-2-4-12(5-3-11)15-10-16(13-6-8-14(18)9-7-13)23-17(19-15)20-21-22-23/h2-10,16H,1H3,(H,19,20,22). The molecule has 1 aliphatic heterocycles. The predicted molar refractivity (Wildman–Crippen MR) is 92.9 cm³/mol. The van der Waals surface area contributed by atoms with Crippen LogP contribution in [0.3, 0.4) is 0 Å². The van der Waals surface area contributed by atoms with E-state index in [4.69, 9.17) is 0 Å². The molecule has 0 aliphatic carbocycles. The monoisotopic (exact) mass is 367 g/mol. The Morgan fingerprint density at radius 3 is 2.52 bits per heavy atom. The first-order chi connectivity index (χ1) is 11.2. The zero-order valence-corrected chi connectivity index (χ0v) is 14.0. The molecule has 0 amide bonds. The maximum Gasteiger partial charge on any atom is 0.248 e. The Hall–Kier alpha value is -2.47. The van der Waals surface area contributed by atoms with Gasteiger partial charge in [0.25, 0.3) is 0 Å². The zero-order valence-electron chi connectivity index (χ0n) is 12.4. The topological polar surface area (TPSA) is 55.6 Å². The molecule has 2 aromatic carbocycles. The second kappa shape index (κ2) is 5.62. The molecule has 1 aliphatic rings. The van der Waals surface area contributed by atoms with Crippen LogP contribution in [0.4, 0.5) is 5.95 Å². The fourth-order valence-electron chi connectivity index (χ4n) is 2.65. The molecule has 5 nitrogen and oxygen atoms in total. The average molecular weight is 368 g/mol. The van der Waals surface area contributed by atoms with Gasteiger partial charge in [-0.2, -0.15) is 4.68 Å². The van der Waals surface area contributed by atoms with Crippen LogP contribution in [0.2, 0.25) is 0 Å². The van der Waals surface area contributed by atoms with Crippen molar-refractivity contribution in [1.29, 1.82) is 0 Å². The van der Waals surface area contributed by atoms with Crippen molar-refractivity contribution in [1.82, 2.24) is 20.2 Å². The summed E-state index contributed by atoms with van der Waals surface area (Å²) >= 11 is 3.47. The number of rotatable bonds is 2. The molecule has 1 N–H and O–H groups in total. The van der Waals surface area contributed by atoms with Crippen LogP contribution in [0.5, 0.6) is 0 Å². The van der Waals surface area contributed by atoms with Crippen molar-refractivity contribution in [3.05, 3.63) is 75.8 Å². The Balaban J connectivity index is 1.79. The average Bonchev–Trinajstić information content (AvgIpc) is 3.04. The van der Waals surface area contributed by atoms with Crippen molar-refractivity contribution in [2.24, 2.45) is 0 Å². The molecular weight excluding hydrogens is 354 g/mol. The fourth-order valence-corrected chi connectivity index (χ4v) is 2.92. The highest BCUT2D eigenvalue weighted by Gasteiger charge is 2.24. The lowest BCUT2D eigenvalue weighted by Gasteiger charge is -2.23. The lowest BCUT2D eigenvalue weighted by atomic mass is 10.0. The molecule has 6 heteroatoms. The number of hydrogen-bond acceptors (Lipinski definition) is 4. The molecule has 0 bridgehead atoms. The third-order valence-corrected chi connectivity index (χ3v) is 4.43. The Morgan fingerprint density at radius 1 is 1.04 bits per heavy atom. The number of aryl methyl sites for hydroxylation is 1. The van der Waals surface area contributed by atoms with Crippen LogP contribution in [-0.2, 0) is 0 Å². The normalized spacial score (nSPS) is 16.4. The molecule has 4 rings (SSSR count). The van der Waals surface area contributed by atoms with Gasteiger partial charge in [-0.15, -0.1) is 0 Å². The van der Waals surface area contributed by atoms with Crippen molar-refractivity contribution in [2.45, 2.75) is 13.0 Å². The minimum atomic E-state index is -0.0364. The van der Waals surface area contributed by atoms with Gasteiger partial charge in [0.05, 0.1) is 0 Å². The third-order valence-electron chi connectivity index (χ3n) is 3.90. The van der Waals surface area contributed by atoms with Gasteiger partial charge in [0.2, 0.25) is 5.95 Å². The Labute approximate surface area is 142 Å². The lowest BCUT2D eigenvalue weighted by Crippen LogP contribution is -2.20. The second-order valence-electron chi connectivity index (χ2n) is 5.51. The first-order valence-electron chi connectivity index (χ1n) is 7.30. The van der Waals surface area contributed by atoms with Crippen LogP contribution in [-0.4, -0.2) is 20.2 Å². The molecule has 1 unspecified atom stereocenters. The van der Waals surface area contributed by atoms with E-state index in [-0.39, 0.29) is 6.04 Å². The van der Waals surface area contributed by atoms with Gasteiger partial charge in [0.15, 0.2) is 0 Å². The lowest BCUT2D eigenvalue weighted by molar-refractivity contribution is 0.586. The molecule has 23 heavy (non-hydrogen) atoms. The van der Waals surface area contributed by atoms with E-state index in [2.05, 4.69) is 86.2 Å². The molecule has 0 spiro atoms. The van der Waals surface area contributed by atoms with Crippen molar-refractivity contribution in [2.75, 3.05) is 5.32 Å². The minimum Gasteiger partial charge on any atom is -0.323 e. The molecule has 0 radical (unpaired) electrons. The first-order valence-corrected chi connectivity index (χ1v) is 8.09. The smallest absolute Gasteiger partial charge is 0.248 e. The van der Waals surface area contributed by atoms with Crippen LogP contribution in [0.25, 0.3) is 5.70 Å². The Morgan fingerprint density at radius 2 is 1.78 bits per heavy atom. The van der Waals surface area contributed by atoms with Crippen LogP contribution in [0.1, 0.15) is 22.7 Å². The maximum atomic E-state index is 4.12. The summed E-state index contributed by atoms with van der Waals surface area (Å²) in [6, 6.07) is 16.6. The van der Waals surface area contributed by atoms with E-state index in [0.717, 1.165) is 21.3 Å². The number of anilines is 1. The van der Waals surface area contributed by atoms with E-state index >= 15 is 0 Å². The number of tetrazole rings is 1. The second-order valence-corrected chi connectivity index (χ2v) is 6.43. The largest absolute Gasteiger partial charge is 0.323 e. The van der Waals surface area contributed by atoms with Crippen molar-refractivity contribution >= 4 is 27.6 Å². The highest BCUT2D eigenvalue weighted by Crippen LogP contribution is 2.32. The van der Waals surface area contributed by atoms with Gasteiger partial charge in [-0.1, -0.05) is 63.0 Å². The number of nitrogens with one attached hydrogen (secondary N) is 1. The number of allylic oxidation sites excluding steroid dienone is 1. The van der Waals surface area contributed by atoms with E-state index < -0.39 is 0 Å². The number of benzene rings is 2. The van der Waals surface area contributed by atoms with Crippen LogP contribution < -0.4 is 5.32 Å². The number of hydrogen-bond donors (Lipinski definition) is 1. The van der Waals surface area contributed by atoms with Crippen molar-refractivity contribution < 1.29 is 0 Å². The molecule has 2 heterocycles. The quantitative estimate of drug-likeness (QED) is 0.748. The predicted octanol–water partition coefficient (Wildman–Crippen LogP) is 3.80. The van der Waals surface area contributed by atoms with Crippen LogP contribution >= 0.6 is 15.9 Å². The van der Waals surface area contributed by atoms with Crippen molar-refractivity contribution in [3.63, 3.8) is 0 Å². The molecular formula is C17H14BrN5. The van der Waals surface area contributed by atoms with Gasteiger partial charge in [-0.3, -0.25) is 0 Å². The molecule has 0 saturated carbocycles. The highest BCUT2D eigenvalue weighted by atomic mass is 79.9. The van der Waals surface area contributed by atoms with Gasteiger partial charge in [0, 0.05) is 10.2 Å². The summed E-state index contributed by atoms with van der Waals surface area (Å²) in [6.07, 6.45) is 2.15. The number of aromatic nitrogens is 4. The highest BCUT2D eigenvalue weighted by molar-refractivity contribution is 9.10. The van der Waals surface area contributed by atoms with Gasteiger partial charge >= 0.3 is 0 Å². The number of halogens is 1. The van der Waals surface area contributed by atoms with Crippen LogP contribution in [0, 0.1) is 6.92 Å². The van der Waals surface area contributed by atoms with Crippen LogP contribution in [0.15, 0.2) is 59.1 Å². The minimum absolute atomic E-state index is 0.0364. The van der Waals surface area contributed by atoms with E-state index in [0.29, 0.717) is 5.95 Å². The summed E-state index contributed by atoms with van der Waals surface area (Å²) in [5.74, 6) is 0.649. The molecule has 1 atom stereocenters. The van der Waals surface area contributed by atoms with E-state index in [1.165, 1.54) is 5.56 Å². The number of nitrogens with zero attached hydrogens (tertiary/aromatic N) is 4. The molecule has 0 saturated heterocycles. The van der Waals surface area contributed by atoms with Gasteiger partial charge in [-0.05, 0) is 46.7 Å². The summed E-state index contributed by atoms with van der Waals surface area (Å²) in [7, 11) is 0. The SMILES string of the molecule is Cc1ccc(C2=CC(c3ccc(Br)cc3)n3nnnc3N2)cc1. The first kappa shape index (κ1) is 14.1. The third kappa shape index (κ3) is 2.66. The Bertz CT molecular complexity index is 865. The summed E-state index contributed by atoms with van der Waals surface area (Å²) < 4.78 is 2.84. The number of fused-ring (bicyclic) bond motifs is 1. The molecule has 3 aromatic rings. The summed E-state index contributed by atoms with van der Waals surface area (Å²) in [5.41, 5.74) is 4.50. The summed E-state index contributed by atoms with van der Waals surface area (Å²) in [4.78, 5) is 0. The van der Waals surface area contributed by atoms with E-state index in [1.807, 2.05) is 12.1 Å². The van der Waals surface area contributed by atoms with Gasteiger partial charge in [0.1, 0.15) is 6.04 Å². The molecule has 114 valence electrons. The molecule has 0 fully saturated rings. The fraction of sp³-hybridized carbons (Fsp3) is 0.118. The summed E-state index contributed by atoms with van der Waals surface area (Å²) in [5, 5.41) is 15.3. The molecule has 1 aromatic heterocycles. The van der Waals surface area contributed by atoms with Gasteiger partial charge in [-0.25, -0.2) is 0 Å². The van der Waals surface area contributed by atoms with E-state index in [1.54, 1.807) is 4.68 Å². The van der Waals surface area contributed by atoms with Crippen molar-refractivity contribution in [3.8, 4) is 0 Å². The maximum absolute atomic E-state index is 4.12. The van der Waals surface area contributed by atoms with Gasteiger partial charge < -0.3 is 5.32 Å². The summed E-state index contributed by atoms with van der Waals surface area (Å²) in [6.45, 7) is 2.08.